The molecule has 0 N–H and O–H groups in total. The molecule has 0 aromatic carbocycles. The first-order valence-corrected chi connectivity index (χ1v) is 4.06. The third kappa shape index (κ3) is 1.36. The van der Waals surface area contributed by atoms with Gasteiger partial charge in [0.1, 0.15) is 0 Å². The van der Waals surface area contributed by atoms with E-state index in [4.69, 9.17) is 4.74 Å². The molecule has 0 saturated carbocycles. The van der Waals surface area contributed by atoms with Gasteiger partial charge in [0.15, 0.2) is 0 Å². The lowest BCUT2D eigenvalue weighted by Crippen LogP contribution is -1.94. The molecule has 1 atom stereocenters. The van der Waals surface area contributed by atoms with Crippen molar-refractivity contribution < 1.29 is 4.74 Å². The van der Waals surface area contributed by atoms with Crippen molar-refractivity contribution in [1.29, 1.82) is 0 Å². The Balaban J connectivity index is 2.82. The van der Waals surface area contributed by atoms with E-state index in [0.717, 1.165) is 5.69 Å². The normalized spacial score (nSPS) is 13.5. The molecular weight excluding hydrogens is 146 g/mol. The number of hydrogen-bond donors (Lipinski definition) is 0. The van der Waals surface area contributed by atoms with Gasteiger partial charge in [-0.25, -0.2) is 4.98 Å². The third-order valence-corrected chi connectivity index (χ3v) is 2.60. The fraction of sp³-hybridized carbons (Fsp3) is 0.571. The maximum Gasteiger partial charge on any atom is 0.0903 e. The smallest absolute Gasteiger partial charge is 0.0903 e. The zero-order chi connectivity index (χ0) is 7.56. The highest BCUT2D eigenvalue weighted by molar-refractivity contribution is 7.09. The van der Waals surface area contributed by atoms with Crippen molar-refractivity contribution in [2.45, 2.75) is 20.0 Å². The summed E-state index contributed by atoms with van der Waals surface area (Å²) in [5.41, 5.74) is 2.93. The SMILES string of the molecule is COC(C)c1scnc1C. The summed E-state index contributed by atoms with van der Waals surface area (Å²) >= 11 is 1.65. The van der Waals surface area contributed by atoms with E-state index in [2.05, 4.69) is 4.98 Å². The van der Waals surface area contributed by atoms with E-state index in [1.54, 1.807) is 18.4 Å². The first-order chi connectivity index (χ1) is 4.75. The second-order valence-corrected chi connectivity index (χ2v) is 3.07. The molecule has 0 amide bonds. The van der Waals surface area contributed by atoms with E-state index in [9.17, 15) is 0 Å². The van der Waals surface area contributed by atoms with Crippen molar-refractivity contribution in [3.05, 3.63) is 16.1 Å². The Morgan fingerprint density at radius 1 is 1.70 bits per heavy atom. The Bertz CT molecular complexity index is 209. The van der Waals surface area contributed by atoms with Crippen LogP contribution in [0.25, 0.3) is 0 Å². The molecule has 1 aromatic rings. The number of ether oxygens (including phenoxy) is 1. The van der Waals surface area contributed by atoms with E-state index in [0.29, 0.717) is 0 Å². The first kappa shape index (κ1) is 7.69. The van der Waals surface area contributed by atoms with Crippen molar-refractivity contribution >= 4 is 11.3 Å². The van der Waals surface area contributed by atoms with Gasteiger partial charge in [0.25, 0.3) is 0 Å². The Morgan fingerprint density at radius 3 is 2.80 bits per heavy atom. The molecule has 56 valence electrons. The van der Waals surface area contributed by atoms with E-state index in [1.165, 1.54) is 4.88 Å². The lowest BCUT2D eigenvalue weighted by atomic mass is 10.3. The van der Waals surface area contributed by atoms with Crippen LogP contribution in [0.5, 0.6) is 0 Å². The number of hydrogen-bond acceptors (Lipinski definition) is 3. The first-order valence-electron chi connectivity index (χ1n) is 3.18. The number of aryl methyl sites for hydroxylation is 1. The highest BCUT2D eigenvalue weighted by Crippen LogP contribution is 2.22. The van der Waals surface area contributed by atoms with Gasteiger partial charge in [-0.05, 0) is 13.8 Å². The van der Waals surface area contributed by atoms with Gasteiger partial charge < -0.3 is 4.74 Å². The molecular formula is C7H11NOS. The van der Waals surface area contributed by atoms with E-state index in [-0.39, 0.29) is 6.10 Å². The zero-order valence-electron chi connectivity index (χ0n) is 6.42. The summed E-state index contributed by atoms with van der Waals surface area (Å²) in [5.74, 6) is 0. The van der Waals surface area contributed by atoms with Gasteiger partial charge in [0, 0.05) is 7.11 Å². The van der Waals surface area contributed by atoms with Crippen molar-refractivity contribution in [2.75, 3.05) is 7.11 Å². The molecule has 0 saturated heterocycles. The second-order valence-electron chi connectivity index (χ2n) is 2.18. The minimum absolute atomic E-state index is 0.187. The topological polar surface area (TPSA) is 22.1 Å². The van der Waals surface area contributed by atoms with Crippen LogP contribution in [0.3, 0.4) is 0 Å². The van der Waals surface area contributed by atoms with Crippen LogP contribution in [-0.2, 0) is 4.74 Å². The predicted molar refractivity (Wildman–Crippen MR) is 42.3 cm³/mol. The van der Waals surface area contributed by atoms with Crippen molar-refractivity contribution in [3.8, 4) is 0 Å². The average molecular weight is 157 g/mol. The van der Waals surface area contributed by atoms with Crippen LogP contribution in [0.2, 0.25) is 0 Å². The summed E-state index contributed by atoms with van der Waals surface area (Å²) in [4.78, 5) is 5.35. The zero-order valence-corrected chi connectivity index (χ0v) is 7.23. The van der Waals surface area contributed by atoms with E-state index < -0.39 is 0 Å². The maximum atomic E-state index is 5.15. The summed E-state index contributed by atoms with van der Waals surface area (Å²) < 4.78 is 5.15. The highest BCUT2D eigenvalue weighted by atomic mass is 32.1. The number of aromatic nitrogens is 1. The Hall–Kier alpha value is -0.410. The molecule has 0 fully saturated rings. The van der Waals surface area contributed by atoms with Gasteiger partial charge >= 0.3 is 0 Å². The van der Waals surface area contributed by atoms with Gasteiger partial charge in [0.2, 0.25) is 0 Å². The Labute approximate surface area is 64.9 Å². The van der Waals surface area contributed by atoms with Crippen LogP contribution < -0.4 is 0 Å². The lowest BCUT2D eigenvalue weighted by Gasteiger charge is -2.05. The lowest BCUT2D eigenvalue weighted by molar-refractivity contribution is 0.122. The second kappa shape index (κ2) is 3.12. The van der Waals surface area contributed by atoms with Gasteiger partial charge in [0.05, 0.1) is 22.2 Å². The molecule has 0 bridgehead atoms. The maximum absolute atomic E-state index is 5.15. The quantitative estimate of drug-likeness (QED) is 0.656. The average Bonchev–Trinajstić information content (AvgIpc) is 2.34. The minimum Gasteiger partial charge on any atom is -0.376 e. The Kier molecular flexibility index (Phi) is 2.40. The highest BCUT2D eigenvalue weighted by Gasteiger charge is 2.08. The molecule has 0 radical (unpaired) electrons. The molecule has 0 aliphatic carbocycles. The number of methoxy groups -OCH3 is 1. The van der Waals surface area contributed by atoms with Crippen LogP contribution in [0.15, 0.2) is 5.51 Å². The number of rotatable bonds is 2. The minimum atomic E-state index is 0.187. The molecule has 2 nitrogen and oxygen atoms in total. The van der Waals surface area contributed by atoms with Crippen molar-refractivity contribution in [3.63, 3.8) is 0 Å². The van der Waals surface area contributed by atoms with Gasteiger partial charge in [-0.15, -0.1) is 11.3 Å². The summed E-state index contributed by atoms with van der Waals surface area (Å²) in [7, 11) is 1.71. The molecule has 10 heavy (non-hydrogen) atoms. The van der Waals surface area contributed by atoms with Gasteiger partial charge in [-0.1, -0.05) is 0 Å². The molecule has 1 unspecified atom stereocenters. The summed E-state index contributed by atoms with van der Waals surface area (Å²) in [6.45, 7) is 4.03. The van der Waals surface area contributed by atoms with Crippen LogP contribution in [0, 0.1) is 6.92 Å². The van der Waals surface area contributed by atoms with Crippen LogP contribution >= 0.6 is 11.3 Å². The molecule has 1 heterocycles. The molecule has 3 heteroatoms. The summed E-state index contributed by atoms with van der Waals surface area (Å²) in [6.07, 6.45) is 0.187. The molecule has 0 aliphatic rings. The number of nitrogens with zero attached hydrogens (tertiary/aromatic N) is 1. The number of thiazole rings is 1. The fourth-order valence-corrected chi connectivity index (χ4v) is 1.64. The van der Waals surface area contributed by atoms with Crippen molar-refractivity contribution in [2.24, 2.45) is 0 Å². The monoisotopic (exact) mass is 157 g/mol. The van der Waals surface area contributed by atoms with Crippen molar-refractivity contribution in [1.82, 2.24) is 4.98 Å². The summed E-state index contributed by atoms with van der Waals surface area (Å²) in [5, 5.41) is 0. The molecule has 0 spiro atoms. The molecule has 0 aliphatic heterocycles. The fourth-order valence-electron chi connectivity index (χ4n) is 0.808. The third-order valence-electron chi connectivity index (χ3n) is 1.51. The van der Waals surface area contributed by atoms with Gasteiger partial charge in [-0.2, -0.15) is 0 Å². The largest absolute Gasteiger partial charge is 0.376 e. The van der Waals surface area contributed by atoms with E-state index >= 15 is 0 Å². The molecule has 1 rings (SSSR count). The van der Waals surface area contributed by atoms with Crippen LogP contribution in [-0.4, -0.2) is 12.1 Å². The van der Waals surface area contributed by atoms with Crippen LogP contribution in [0.4, 0.5) is 0 Å². The van der Waals surface area contributed by atoms with E-state index in [1.807, 2.05) is 19.4 Å². The Morgan fingerprint density at radius 2 is 2.40 bits per heavy atom. The summed E-state index contributed by atoms with van der Waals surface area (Å²) in [6, 6.07) is 0. The van der Waals surface area contributed by atoms with Crippen LogP contribution in [0.1, 0.15) is 23.6 Å². The van der Waals surface area contributed by atoms with Gasteiger partial charge in [-0.3, -0.25) is 0 Å². The standard InChI is InChI=1S/C7H11NOS/c1-5-7(6(2)9-3)10-4-8-5/h4,6H,1-3H3. The molecule has 1 aromatic heterocycles. The predicted octanol–water partition coefficient (Wildman–Crippen LogP) is 2.16.